The Bertz CT molecular complexity index is 196. The van der Waals surface area contributed by atoms with Crippen LogP contribution in [0.15, 0.2) is 17.3 Å². The number of oxime groups is 1. The highest BCUT2D eigenvalue weighted by Crippen LogP contribution is 1.95. The average molecular weight is 157 g/mol. The SMILES string of the molecule is C=C(C)/C(=N/O)C(=O)OCC. The molecule has 0 rings (SSSR count). The van der Waals surface area contributed by atoms with E-state index in [1.165, 1.54) is 0 Å². The lowest BCUT2D eigenvalue weighted by Crippen LogP contribution is -2.18. The van der Waals surface area contributed by atoms with Crippen molar-refractivity contribution >= 4 is 11.7 Å². The zero-order valence-corrected chi connectivity index (χ0v) is 6.63. The van der Waals surface area contributed by atoms with Crippen molar-refractivity contribution in [2.75, 3.05) is 6.61 Å². The zero-order valence-electron chi connectivity index (χ0n) is 6.63. The topological polar surface area (TPSA) is 58.9 Å². The smallest absolute Gasteiger partial charge is 0.360 e. The minimum absolute atomic E-state index is 0.133. The first-order chi connectivity index (χ1) is 5.13. The van der Waals surface area contributed by atoms with Crippen LogP contribution < -0.4 is 0 Å². The third kappa shape index (κ3) is 2.84. The number of rotatable bonds is 3. The maximum absolute atomic E-state index is 10.8. The third-order valence-electron chi connectivity index (χ3n) is 0.973. The minimum atomic E-state index is -0.650. The molecule has 62 valence electrons. The van der Waals surface area contributed by atoms with Crippen LogP contribution in [0.3, 0.4) is 0 Å². The Morgan fingerprint density at radius 1 is 1.73 bits per heavy atom. The van der Waals surface area contributed by atoms with E-state index in [4.69, 9.17) is 5.21 Å². The summed E-state index contributed by atoms with van der Waals surface area (Å²) < 4.78 is 4.57. The highest BCUT2D eigenvalue weighted by Gasteiger charge is 2.13. The van der Waals surface area contributed by atoms with Crippen LogP contribution in [0, 0.1) is 0 Å². The Balaban J connectivity index is 4.29. The summed E-state index contributed by atoms with van der Waals surface area (Å²) in [7, 11) is 0. The number of ether oxygens (including phenoxy) is 1. The van der Waals surface area contributed by atoms with E-state index in [-0.39, 0.29) is 12.3 Å². The lowest BCUT2D eigenvalue weighted by Gasteiger charge is -2.01. The molecule has 0 heterocycles. The summed E-state index contributed by atoms with van der Waals surface area (Å²) in [6, 6.07) is 0. The molecule has 0 radical (unpaired) electrons. The van der Waals surface area contributed by atoms with E-state index in [1.54, 1.807) is 13.8 Å². The predicted octanol–water partition coefficient (Wildman–Crippen LogP) is 0.956. The van der Waals surface area contributed by atoms with Crippen LogP contribution in [0.4, 0.5) is 0 Å². The molecule has 0 unspecified atom stereocenters. The highest BCUT2D eigenvalue weighted by atomic mass is 16.5. The Hall–Kier alpha value is -1.32. The first-order valence-corrected chi connectivity index (χ1v) is 3.18. The summed E-state index contributed by atoms with van der Waals surface area (Å²) >= 11 is 0. The van der Waals surface area contributed by atoms with Crippen molar-refractivity contribution in [1.82, 2.24) is 0 Å². The van der Waals surface area contributed by atoms with Crippen LogP contribution in [0.2, 0.25) is 0 Å². The quantitative estimate of drug-likeness (QED) is 0.287. The number of hydrogen-bond donors (Lipinski definition) is 1. The molecule has 0 aromatic carbocycles. The lowest BCUT2D eigenvalue weighted by molar-refractivity contribution is -0.135. The lowest BCUT2D eigenvalue weighted by atomic mass is 10.2. The normalized spacial score (nSPS) is 10.9. The maximum atomic E-state index is 10.8. The summed E-state index contributed by atoms with van der Waals surface area (Å²) in [6.45, 7) is 6.93. The molecular weight excluding hydrogens is 146 g/mol. The van der Waals surface area contributed by atoms with Gasteiger partial charge in [-0.25, -0.2) is 4.79 Å². The van der Waals surface area contributed by atoms with Gasteiger partial charge in [0.15, 0.2) is 5.71 Å². The summed E-state index contributed by atoms with van der Waals surface area (Å²) in [5, 5.41) is 11.1. The van der Waals surface area contributed by atoms with Crippen molar-refractivity contribution in [2.45, 2.75) is 13.8 Å². The second kappa shape index (κ2) is 4.49. The first-order valence-electron chi connectivity index (χ1n) is 3.18. The molecule has 0 bridgehead atoms. The molecule has 0 fully saturated rings. The van der Waals surface area contributed by atoms with Crippen LogP contribution in [-0.4, -0.2) is 23.5 Å². The van der Waals surface area contributed by atoms with Crippen molar-refractivity contribution in [3.63, 3.8) is 0 Å². The largest absolute Gasteiger partial charge is 0.461 e. The monoisotopic (exact) mass is 157 g/mol. The van der Waals surface area contributed by atoms with E-state index >= 15 is 0 Å². The third-order valence-corrected chi connectivity index (χ3v) is 0.973. The molecule has 4 heteroatoms. The van der Waals surface area contributed by atoms with Gasteiger partial charge >= 0.3 is 5.97 Å². The summed E-state index contributed by atoms with van der Waals surface area (Å²) in [5.41, 5.74) is 0.248. The zero-order chi connectivity index (χ0) is 8.85. The predicted molar refractivity (Wildman–Crippen MR) is 40.7 cm³/mol. The number of nitrogens with zero attached hydrogens (tertiary/aromatic N) is 1. The second-order valence-corrected chi connectivity index (χ2v) is 1.95. The maximum Gasteiger partial charge on any atom is 0.360 e. The standard InChI is InChI=1S/C7H11NO3/c1-4-11-7(9)6(8-10)5(2)3/h10H,2,4H2,1,3H3/b8-6-. The van der Waals surface area contributed by atoms with Gasteiger partial charge in [0, 0.05) is 0 Å². The Morgan fingerprint density at radius 2 is 2.27 bits per heavy atom. The number of hydrogen-bond acceptors (Lipinski definition) is 4. The minimum Gasteiger partial charge on any atom is -0.461 e. The van der Waals surface area contributed by atoms with Crippen LogP contribution in [0.25, 0.3) is 0 Å². The van der Waals surface area contributed by atoms with Gasteiger partial charge in [0.25, 0.3) is 0 Å². The van der Waals surface area contributed by atoms with Crippen molar-refractivity contribution in [3.8, 4) is 0 Å². The van der Waals surface area contributed by atoms with E-state index in [1.807, 2.05) is 0 Å². The Labute approximate surface area is 65.2 Å². The molecule has 0 amide bonds. The van der Waals surface area contributed by atoms with Gasteiger partial charge in [-0.3, -0.25) is 0 Å². The molecule has 11 heavy (non-hydrogen) atoms. The van der Waals surface area contributed by atoms with E-state index in [0.717, 1.165) is 0 Å². The molecule has 0 aliphatic rings. The van der Waals surface area contributed by atoms with E-state index in [2.05, 4.69) is 16.5 Å². The first kappa shape index (κ1) is 9.68. The molecule has 1 N–H and O–H groups in total. The van der Waals surface area contributed by atoms with Gasteiger partial charge in [0.2, 0.25) is 0 Å². The van der Waals surface area contributed by atoms with Crippen LogP contribution >= 0.6 is 0 Å². The van der Waals surface area contributed by atoms with Gasteiger partial charge in [-0.2, -0.15) is 0 Å². The molecule has 0 aliphatic carbocycles. The van der Waals surface area contributed by atoms with Gasteiger partial charge < -0.3 is 9.94 Å². The molecule has 4 nitrogen and oxygen atoms in total. The summed E-state index contributed by atoms with van der Waals surface area (Å²) in [6.07, 6.45) is 0. The Kier molecular flexibility index (Phi) is 3.95. The number of carbonyl (C=O) groups excluding carboxylic acids is 1. The molecule has 0 saturated heterocycles. The molecule has 0 aliphatic heterocycles. The van der Waals surface area contributed by atoms with Gasteiger partial charge in [-0.05, 0) is 19.4 Å². The fourth-order valence-corrected chi connectivity index (χ4v) is 0.500. The average Bonchev–Trinajstić information content (AvgIpc) is 1.88. The van der Waals surface area contributed by atoms with E-state index < -0.39 is 5.97 Å². The van der Waals surface area contributed by atoms with Gasteiger partial charge in [0.1, 0.15) is 0 Å². The molecule has 0 aromatic heterocycles. The van der Waals surface area contributed by atoms with Crippen molar-refractivity contribution in [3.05, 3.63) is 12.2 Å². The molecule has 0 aromatic rings. The van der Waals surface area contributed by atoms with Crippen LogP contribution in [0.5, 0.6) is 0 Å². The second-order valence-electron chi connectivity index (χ2n) is 1.95. The van der Waals surface area contributed by atoms with E-state index in [0.29, 0.717) is 5.57 Å². The molecule has 0 spiro atoms. The van der Waals surface area contributed by atoms with Gasteiger partial charge in [-0.1, -0.05) is 11.7 Å². The van der Waals surface area contributed by atoms with Gasteiger partial charge in [-0.15, -0.1) is 0 Å². The fourth-order valence-electron chi connectivity index (χ4n) is 0.500. The van der Waals surface area contributed by atoms with Crippen molar-refractivity contribution in [1.29, 1.82) is 0 Å². The fraction of sp³-hybridized carbons (Fsp3) is 0.429. The molecule has 0 saturated carbocycles. The number of esters is 1. The van der Waals surface area contributed by atoms with Crippen molar-refractivity contribution in [2.24, 2.45) is 5.16 Å². The molecule has 0 atom stereocenters. The van der Waals surface area contributed by atoms with Crippen LogP contribution in [-0.2, 0) is 9.53 Å². The van der Waals surface area contributed by atoms with Crippen LogP contribution in [0.1, 0.15) is 13.8 Å². The summed E-state index contributed by atoms with van der Waals surface area (Å²) in [4.78, 5) is 10.8. The Morgan fingerprint density at radius 3 is 2.55 bits per heavy atom. The number of carbonyl (C=O) groups is 1. The summed E-state index contributed by atoms with van der Waals surface area (Å²) in [5.74, 6) is -0.650. The van der Waals surface area contributed by atoms with Crippen molar-refractivity contribution < 1.29 is 14.7 Å². The highest BCUT2D eigenvalue weighted by molar-refractivity contribution is 6.42. The van der Waals surface area contributed by atoms with Gasteiger partial charge in [0.05, 0.1) is 6.61 Å². The molecular formula is C7H11NO3. The van der Waals surface area contributed by atoms with E-state index in [9.17, 15) is 4.79 Å².